The van der Waals surface area contributed by atoms with Gasteiger partial charge in [0.1, 0.15) is 5.52 Å². The molecular weight excluding hydrogens is 284 g/mol. The van der Waals surface area contributed by atoms with E-state index in [1.165, 1.54) is 0 Å². The first-order valence-electron chi connectivity index (χ1n) is 3.45. The molecule has 0 amide bonds. The quantitative estimate of drug-likeness (QED) is 0.729. The number of nitrogens with zero attached hydrogens (tertiary/aromatic N) is 2. The van der Waals surface area contributed by atoms with Crippen molar-refractivity contribution in [2.24, 2.45) is 7.05 Å². The van der Waals surface area contributed by atoms with Crippen LogP contribution in [0.4, 0.5) is 0 Å². The second-order valence-corrected chi connectivity index (χ2v) is 4.40. The topological polar surface area (TPSA) is 17.8 Å². The summed E-state index contributed by atoms with van der Waals surface area (Å²) < 4.78 is 3.89. The highest BCUT2D eigenvalue weighted by atomic mass is 79.9. The van der Waals surface area contributed by atoms with Crippen molar-refractivity contribution in [3.8, 4) is 0 Å². The minimum absolute atomic E-state index is 1.00. The number of fused-ring (bicyclic) bond motifs is 1. The summed E-state index contributed by atoms with van der Waals surface area (Å²) in [7, 11) is 1.92. The van der Waals surface area contributed by atoms with Crippen LogP contribution in [0.5, 0.6) is 0 Å². The van der Waals surface area contributed by atoms with E-state index in [1.54, 1.807) is 0 Å². The van der Waals surface area contributed by atoms with Gasteiger partial charge in [-0.2, -0.15) is 5.10 Å². The van der Waals surface area contributed by atoms with Gasteiger partial charge in [0.05, 0.1) is 0 Å². The lowest BCUT2D eigenvalue weighted by molar-refractivity contribution is 0.779. The minimum Gasteiger partial charge on any atom is -0.275 e. The molecule has 1 heterocycles. The van der Waals surface area contributed by atoms with Crippen molar-refractivity contribution in [1.82, 2.24) is 9.78 Å². The summed E-state index contributed by atoms with van der Waals surface area (Å²) >= 11 is 6.88. The fraction of sp³-hybridized carbons (Fsp3) is 0.125. The van der Waals surface area contributed by atoms with Crippen LogP contribution in [0.3, 0.4) is 0 Å². The van der Waals surface area contributed by atoms with Crippen LogP contribution in [-0.4, -0.2) is 9.78 Å². The smallest absolute Gasteiger partial charge is 0.107 e. The monoisotopic (exact) mass is 288 g/mol. The van der Waals surface area contributed by atoms with Gasteiger partial charge in [-0.25, -0.2) is 0 Å². The van der Waals surface area contributed by atoms with Crippen LogP contribution in [0.25, 0.3) is 10.9 Å². The van der Waals surface area contributed by atoms with E-state index in [4.69, 9.17) is 0 Å². The van der Waals surface area contributed by atoms with E-state index in [9.17, 15) is 0 Å². The Morgan fingerprint density at radius 3 is 2.83 bits per heavy atom. The molecule has 0 radical (unpaired) electrons. The summed E-state index contributed by atoms with van der Waals surface area (Å²) in [6.07, 6.45) is 1.99. The first kappa shape index (κ1) is 8.26. The second kappa shape index (κ2) is 2.85. The number of rotatable bonds is 0. The molecule has 0 aliphatic rings. The van der Waals surface area contributed by atoms with Gasteiger partial charge in [-0.1, -0.05) is 15.9 Å². The van der Waals surface area contributed by atoms with Gasteiger partial charge in [0.2, 0.25) is 0 Å². The van der Waals surface area contributed by atoms with Crippen molar-refractivity contribution in [3.05, 3.63) is 27.3 Å². The summed E-state index contributed by atoms with van der Waals surface area (Å²) in [5.74, 6) is 0. The van der Waals surface area contributed by atoms with Crippen molar-refractivity contribution < 1.29 is 0 Å². The average Bonchev–Trinajstić information content (AvgIpc) is 2.29. The van der Waals surface area contributed by atoms with Gasteiger partial charge in [-0.15, -0.1) is 0 Å². The molecule has 0 atom stereocenters. The van der Waals surface area contributed by atoms with Gasteiger partial charge in [-0.05, 0) is 28.1 Å². The lowest BCUT2D eigenvalue weighted by Crippen LogP contribution is -1.85. The molecule has 0 aliphatic heterocycles. The fourth-order valence-electron chi connectivity index (χ4n) is 1.18. The Labute approximate surface area is 86.8 Å². The molecule has 2 aromatic rings. The molecule has 0 bridgehead atoms. The van der Waals surface area contributed by atoms with Crippen LogP contribution < -0.4 is 0 Å². The Balaban J connectivity index is 2.88. The zero-order chi connectivity index (χ0) is 8.72. The fourth-order valence-corrected chi connectivity index (χ4v) is 2.52. The van der Waals surface area contributed by atoms with Gasteiger partial charge in [0.25, 0.3) is 0 Å². The number of hydrogen-bond donors (Lipinski definition) is 0. The molecule has 1 aromatic carbocycles. The zero-order valence-electron chi connectivity index (χ0n) is 6.38. The van der Waals surface area contributed by atoms with Crippen molar-refractivity contribution in [2.75, 3.05) is 0 Å². The molecular formula is C8H6Br2N2. The van der Waals surface area contributed by atoms with Crippen LogP contribution in [0, 0.1) is 0 Å². The predicted molar refractivity (Wildman–Crippen MR) is 56.1 cm³/mol. The normalized spacial score (nSPS) is 10.9. The number of hydrogen-bond acceptors (Lipinski definition) is 1. The lowest BCUT2D eigenvalue weighted by Gasteiger charge is -1.92. The van der Waals surface area contributed by atoms with E-state index >= 15 is 0 Å². The first-order valence-corrected chi connectivity index (χ1v) is 5.04. The maximum atomic E-state index is 4.30. The van der Waals surface area contributed by atoms with Crippen LogP contribution in [0.1, 0.15) is 0 Å². The predicted octanol–water partition coefficient (Wildman–Crippen LogP) is 3.10. The van der Waals surface area contributed by atoms with Crippen LogP contribution in [0.15, 0.2) is 27.3 Å². The van der Waals surface area contributed by atoms with Crippen molar-refractivity contribution in [2.45, 2.75) is 0 Å². The maximum Gasteiger partial charge on any atom is 0.107 e. The Morgan fingerprint density at radius 2 is 2.08 bits per heavy atom. The number of aromatic nitrogens is 2. The molecule has 0 unspecified atom stereocenters. The van der Waals surface area contributed by atoms with Gasteiger partial charge >= 0.3 is 0 Å². The van der Waals surface area contributed by atoms with Crippen LogP contribution in [-0.2, 0) is 7.05 Å². The highest BCUT2D eigenvalue weighted by molar-refractivity contribution is 9.11. The van der Waals surface area contributed by atoms with E-state index in [0.29, 0.717) is 0 Å². The average molecular weight is 290 g/mol. The van der Waals surface area contributed by atoms with Crippen LogP contribution >= 0.6 is 31.9 Å². The van der Waals surface area contributed by atoms with Gasteiger partial charge < -0.3 is 0 Å². The Kier molecular flexibility index (Phi) is 1.96. The molecule has 62 valence electrons. The van der Waals surface area contributed by atoms with Gasteiger partial charge in [0, 0.05) is 27.6 Å². The first-order chi connectivity index (χ1) is 5.66. The molecule has 0 saturated heterocycles. The SMILES string of the molecule is Cn1cc2cc(Br)cc(Br)c2n1. The summed E-state index contributed by atoms with van der Waals surface area (Å²) in [5.41, 5.74) is 1.00. The van der Waals surface area contributed by atoms with Gasteiger partial charge in [0.15, 0.2) is 0 Å². The van der Waals surface area contributed by atoms with Crippen molar-refractivity contribution in [3.63, 3.8) is 0 Å². The van der Waals surface area contributed by atoms with Gasteiger partial charge in [-0.3, -0.25) is 4.68 Å². The largest absolute Gasteiger partial charge is 0.275 e. The molecule has 0 saturated carbocycles. The number of aryl methyl sites for hydroxylation is 1. The molecule has 12 heavy (non-hydrogen) atoms. The molecule has 2 nitrogen and oxygen atoms in total. The molecule has 0 N–H and O–H groups in total. The van der Waals surface area contributed by atoms with E-state index in [2.05, 4.69) is 37.0 Å². The molecule has 2 rings (SSSR count). The maximum absolute atomic E-state index is 4.30. The third kappa shape index (κ3) is 1.29. The highest BCUT2D eigenvalue weighted by Crippen LogP contribution is 2.26. The summed E-state index contributed by atoms with van der Waals surface area (Å²) in [5, 5.41) is 5.44. The Morgan fingerprint density at radius 1 is 1.33 bits per heavy atom. The zero-order valence-corrected chi connectivity index (χ0v) is 9.55. The number of benzene rings is 1. The summed E-state index contributed by atoms with van der Waals surface area (Å²) in [6, 6.07) is 4.04. The van der Waals surface area contributed by atoms with Crippen LogP contribution in [0.2, 0.25) is 0 Å². The van der Waals surface area contributed by atoms with E-state index in [-0.39, 0.29) is 0 Å². The third-order valence-electron chi connectivity index (χ3n) is 1.64. The Bertz CT molecular complexity index is 434. The molecule has 0 fully saturated rings. The molecule has 0 aliphatic carbocycles. The molecule has 1 aromatic heterocycles. The minimum atomic E-state index is 1.00. The highest BCUT2D eigenvalue weighted by Gasteiger charge is 2.03. The van der Waals surface area contributed by atoms with E-state index in [0.717, 1.165) is 19.8 Å². The van der Waals surface area contributed by atoms with E-state index < -0.39 is 0 Å². The molecule has 0 spiro atoms. The third-order valence-corrected chi connectivity index (χ3v) is 2.70. The Hall–Kier alpha value is -0.350. The van der Waals surface area contributed by atoms with Crippen molar-refractivity contribution in [1.29, 1.82) is 0 Å². The lowest BCUT2D eigenvalue weighted by atomic mass is 10.3. The standard InChI is InChI=1S/C8H6Br2N2/c1-12-4-5-2-6(9)3-7(10)8(5)11-12/h2-4H,1H3. The van der Waals surface area contributed by atoms with Crippen molar-refractivity contribution >= 4 is 42.8 Å². The number of halogens is 2. The second-order valence-electron chi connectivity index (χ2n) is 2.63. The van der Waals surface area contributed by atoms with E-state index in [1.807, 2.05) is 30.1 Å². The molecule has 4 heteroatoms. The summed E-state index contributed by atoms with van der Waals surface area (Å²) in [4.78, 5) is 0. The summed E-state index contributed by atoms with van der Waals surface area (Å²) in [6.45, 7) is 0.